The zero-order chi connectivity index (χ0) is 17.8. The van der Waals surface area contributed by atoms with Crippen molar-refractivity contribution >= 4 is 11.9 Å². The third kappa shape index (κ3) is 3.39. The van der Waals surface area contributed by atoms with Crippen LogP contribution < -0.4 is 10.1 Å². The molecule has 1 N–H and O–H groups in total. The van der Waals surface area contributed by atoms with Crippen molar-refractivity contribution in [3.8, 4) is 17.0 Å². The average Bonchev–Trinajstić information content (AvgIpc) is 3.18. The Morgan fingerprint density at radius 1 is 1.15 bits per heavy atom. The van der Waals surface area contributed by atoms with Gasteiger partial charge in [0, 0.05) is 49.0 Å². The first-order valence-electron chi connectivity index (χ1n) is 8.58. The summed E-state index contributed by atoms with van der Waals surface area (Å²) in [6, 6.07) is 7.84. The molecule has 0 amide bonds. The van der Waals surface area contributed by atoms with Crippen molar-refractivity contribution in [2.75, 3.05) is 18.5 Å². The molecule has 1 aliphatic heterocycles. The van der Waals surface area contributed by atoms with Crippen molar-refractivity contribution in [2.45, 2.75) is 12.8 Å². The zero-order valence-corrected chi connectivity index (χ0v) is 14.4. The summed E-state index contributed by atoms with van der Waals surface area (Å²) in [4.78, 5) is 17.4. The van der Waals surface area contributed by atoms with Gasteiger partial charge in [0.2, 0.25) is 0 Å². The maximum Gasteiger partial charge on any atom is 0.144 e. The predicted molar refractivity (Wildman–Crippen MR) is 101 cm³/mol. The van der Waals surface area contributed by atoms with E-state index in [1.807, 2.05) is 30.5 Å². The van der Waals surface area contributed by atoms with Gasteiger partial charge >= 0.3 is 0 Å². The molecule has 0 bridgehead atoms. The number of nitrogens with one attached hydrogen (secondary N) is 1. The summed E-state index contributed by atoms with van der Waals surface area (Å²) >= 11 is 0. The summed E-state index contributed by atoms with van der Waals surface area (Å²) in [6.45, 7) is 5.18. The number of pyridine rings is 2. The lowest BCUT2D eigenvalue weighted by molar-refractivity contribution is 0.352. The molecule has 0 fully saturated rings. The maximum absolute atomic E-state index is 5.70. The topological polar surface area (TPSA) is 72.8 Å². The smallest absolute Gasteiger partial charge is 0.144 e. The number of fused-ring (bicyclic) bond motifs is 1. The van der Waals surface area contributed by atoms with Gasteiger partial charge in [-0.1, -0.05) is 6.58 Å². The Morgan fingerprint density at radius 2 is 2.12 bits per heavy atom. The van der Waals surface area contributed by atoms with Gasteiger partial charge in [-0.2, -0.15) is 0 Å². The van der Waals surface area contributed by atoms with Gasteiger partial charge in [-0.3, -0.25) is 9.97 Å². The molecule has 1 aliphatic rings. The van der Waals surface area contributed by atoms with E-state index in [4.69, 9.17) is 4.74 Å². The van der Waals surface area contributed by atoms with Gasteiger partial charge < -0.3 is 10.1 Å². The number of hydrogen-bond donors (Lipinski definition) is 1. The number of hydrogen-bond acceptors (Lipinski definition) is 6. The summed E-state index contributed by atoms with van der Waals surface area (Å²) < 4.78 is 5.70. The zero-order valence-electron chi connectivity index (χ0n) is 14.4. The molecule has 130 valence electrons. The fourth-order valence-electron chi connectivity index (χ4n) is 2.95. The Labute approximate surface area is 152 Å². The Hall–Kier alpha value is -3.28. The van der Waals surface area contributed by atoms with E-state index in [9.17, 15) is 0 Å². The van der Waals surface area contributed by atoms with Crippen molar-refractivity contribution in [3.05, 3.63) is 66.5 Å². The number of nitrogens with zero attached hydrogens (tertiary/aromatic N) is 4. The van der Waals surface area contributed by atoms with Gasteiger partial charge in [0.1, 0.15) is 17.9 Å². The van der Waals surface area contributed by atoms with Crippen LogP contribution in [0, 0.1) is 0 Å². The molecular formula is C20H19N5O. The molecular weight excluding hydrogens is 326 g/mol. The molecule has 0 saturated heterocycles. The number of anilines is 1. The lowest BCUT2D eigenvalue weighted by Crippen LogP contribution is -2.08. The molecule has 0 aliphatic carbocycles. The van der Waals surface area contributed by atoms with Gasteiger partial charge in [-0.25, -0.2) is 9.97 Å². The van der Waals surface area contributed by atoms with E-state index >= 15 is 0 Å². The minimum absolute atomic E-state index is 0.719. The highest BCUT2D eigenvalue weighted by atomic mass is 16.5. The van der Waals surface area contributed by atoms with E-state index in [1.165, 1.54) is 5.56 Å². The van der Waals surface area contributed by atoms with Crippen LogP contribution in [0.4, 0.5) is 5.82 Å². The van der Waals surface area contributed by atoms with Crippen molar-refractivity contribution in [3.63, 3.8) is 0 Å². The van der Waals surface area contributed by atoms with Crippen molar-refractivity contribution in [2.24, 2.45) is 0 Å². The second-order valence-electron chi connectivity index (χ2n) is 5.99. The Morgan fingerprint density at radius 3 is 2.96 bits per heavy atom. The minimum Gasteiger partial charge on any atom is -0.491 e. The Bertz CT molecular complexity index is 924. The number of rotatable bonds is 6. The van der Waals surface area contributed by atoms with Crippen LogP contribution in [0.25, 0.3) is 17.3 Å². The molecule has 0 spiro atoms. The fraction of sp³-hybridized carbons (Fsp3) is 0.200. The van der Waals surface area contributed by atoms with Crippen LogP contribution in [-0.4, -0.2) is 33.1 Å². The van der Waals surface area contributed by atoms with Gasteiger partial charge in [0.25, 0.3) is 0 Å². The second-order valence-corrected chi connectivity index (χ2v) is 5.99. The standard InChI is InChI=1S/C20H19N5O/c1-2-16-4-3-15(12-23-16)18-11-19(25-13-24-18)22-9-6-17-20-14(5-8-21-17)7-10-26-20/h2-5,8,11-13H,1,6-7,9-10H2,(H,22,24,25). The van der Waals surface area contributed by atoms with E-state index in [0.717, 1.165) is 60.2 Å². The van der Waals surface area contributed by atoms with E-state index in [-0.39, 0.29) is 0 Å². The van der Waals surface area contributed by atoms with Gasteiger partial charge in [0.15, 0.2) is 0 Å². The third-order valence-electron chi connectivity index (χ3n) is 4.30. The minimum atomic E-state index is 0.719. The van der Waals surface area contributed by atoms with Crippen molar-refractivity contribution in [1.82, 2.24) is 19.9 Å². The molecule has 4 rings (SSSR count). The van der Waals surface area contributed by atoms with Crippen molar-refractivity contribution < 1.29 is 4.74 Å². The molecule has 6 heteroatoms. The molecule has 3 aromatic heterocycles. The maximum atomic E-state index is 5.70. The molecule has 0 saturated carbocycles. The Balaban J connectivity index is 1.43. The second kappa shape index (κ2) is 7.31. The highest BCUT2D eigenvalue weighted by molar-refractivity contribution is 5.62. The summed E-state index contributed by atoms with van der Waals surface area (Å²) in [6.07, 6.45) is 8.66. The van der Waals surface area contributed by atoms with E-state index in [1.54, 1.807) is 18.6 Å². The molecule has 0 aromatic carbocycles. The molecule has 6 nitrogen and oxygen atoms in total. The largest absolute Gasteiger partial charge is 0.491 e. The average molecular weight is 345 g/mol. The summed E-state index contributed by atoms with van der Waals surface area (Å²) in [5, 5.41) is 3.33. The summed E-state index contributed by atoms with van der Waals surface area (Å²) in [5.41, 5.74) is 4.84. The number of ether oxygens (including phenoxy) is 1. The lowest BCUT2D eigenvalue weighted by atomic mass is 10.1. The van der Waals surface area contributed by atoms with E-state index in [2.05, 4.69) is 31.8 Å². The summed E-state index contributed by atoms with van der Waals surface area (Å²) in [5.74, 6) is 1.72. The van der Waals surface area contributed by atoms with Gasteiger partial charge in [0.05, 0.1) is 23.7 Å². The Kier molecular flexibility index (Phi) is 4.55. The van der Waals surface area contributed by atoms with Gasteiger partial charge in [-0.15, -0.1) is 0 Å². The van der Waals surface area contributed by atoms with Crippen LogP contribution in [0.2, 0.25) is 0 Å². The molecule has 0 radical (unpaired) electrons. The molecule has 0 unspecified atom stereocenters. The molecule has 26 heavy (non-hydrogen) atoms. The highest BCUT2D eigenvalue weighted by Gasteiger charge is 2.16. The van der Waals surface area contributed by atoms with Crippen LogP contribution in [0.3, 0.4) is 0 Å². The predicted octanol–water partition coefficient (Wildman–Crippen LogP) is 3.17. The number of aromatic nitrogens is 4. The van der Waals surface area contributed by atoms with Crippen LogP contribution in [0.5, 0.6) is 5.75 Å². The SMILES string of the molecule is C=Cc1ccc(-c2cc(NCCc3nccc4c3OCC4)ncn2)cn1. The van der Waals surface area contributed by atoms with Crippen LogP contribution in [0.15, 0.2) is 49.6 Å². The summed E-state index contributed by atoms with van der Waals surface area (Å²) in [7, 11) is 0. The van der Waals surface area contributed by atoms with E-state index < -0.39 is 0 Å². The first-order chi connectivity index (χ1) is 12.8. The molecule has 4 heterocycles. The lowest BCUT2D eigenvalue weighted by Gasteiger charge is -2.09. The van der Waals surface area contributed by atoms with Crippen LogP contribution in [-0.2, 0) is 12.8 Å². The first-order valence-corrected chi connectivity index (χ1v) is 8.58. The van der Waals surface area contributed by atoms with Gasteiger partial charge in [-0.05, 0) is 24.3 Å². The normalized spacial score (nSPS) is 12.3. The molecule has 3 aromatic rings. The highest BCUT2D eigenvalue weighted by Crippen LogP contribution is 2.28. The van der Waals surface area contributed by atoms with Crippen LogP contribution >= 0.6 is 0 Å². The quantitative estimate of drug-likeness (QED) is 0.740. The third-order valence-corrected chi connectivity index (χ3v) is 4.30. The fourth-order valence-corrected chi connectivity index (χ4v) is 2.95. The van der Waals surface area contributed by atoms with Crippen LogP contribution in [0.1, 0.15) is 17.0 Å². The monoisotopic (exact) mass is 345 g/mol. The molecule has 0 atom stereocenters. The van der Waals surface area contributed by atoms with Crippen molar-refractivity contribution in [1.29, 1.82) is 0 Å². The van der Waals surface area contributed by atoms with E-state index in [0.29, 0.717) is 0 Å². The first kappa shape index (κ1) is 16.2.